The second-order valence-electron chi connectivity index (χ2n) is 8.04. The van der Waals surface area contributed by atoms with Crippen molar-refractivity contribution in [2.75, 3.05) is 10.6 Å². The monoisotopic (exact) mass is 508 g/mol. The molecule has 0 fully saturated rings. The van der Waals surface area contributed by atoms with Gasteiger partial charge in [-0.3, -0.25) is 9.59 Å². The van der Waals surface area contributed by atoms with Crippen LogP contribution in [-0.2, 0) is 9.59 Å². The van der Waals surface area contributed by atoms with Crippen LogP contribution in [0.4, 0.5) is 11.4 Å². The first kappa shape index (κ1) is 25.5. The number of carboxylic acid groups (broad SMARTS) is 1. The van der Waals surface area contributed by atoms with Gasteiger partial charge >= 0.3 is 5.97 Å². The lowest BCUT2D eigenvalue weighted by atomic mass is 10.1. The molecular weight excluding hydrogens is 484 g/mol. The van der Waals surface area contributed by atoms with E-state index in [1.54, 1.807) is 24.3 Å². The number of carboxylic acids is 1. The highest BCUT2D eigenvalue weighted by molar-refractivity contribution is 8.00. The van der Waals surface area contributed by atoms with Gasteiger partial charge in [-0.15, -0.1) is 11.8 Å². The third-order valence-corrected chi connectivity index (χ3v) is 6.57. The summed E-state index contributed by atoms with van der Waals surface area (Å²) in [6.45, 7) is 0. The van der Waals surface area contributed by atoms with E-state index in [0.29, 0.717) is 11.4 Å². The zero-order valence-electron chi connectivity index (χ0n) is 19.7. The van der Waals surface area contributed by atoms with Gasteiger partial charge in [-0.1, -0.05) is 66.7 Å². The second kappa shape index (κ2) is 12.4. The summed E-state index contributed by atoms with van der Waals surface area (Å²) in [6, 6.07) is 32.3. The number of anilines is 2. The van der Waals surface area contributed by atoms with Crippen molar-refractivity contribution in [2.45, 2.75) is 10.1 Å². The van der Waals surface area contributed by atoms with Crippen LogP contribution >= 0.6 is 11.8 Å². The summed E-state index contributed by atoms with van der Waals surface area (Å²) >= 11 is 1.35. The number of thioether (sulfide) groups is 1. The van der Waals surface area contributed by atoms with Gasteiger partial charge < -0.3 is 15.7 Å². The van der Waals surface area contributed by atoms with Crippen LogP contribution in [0.3, 0.4) is 0 Å². The second-order valence-corrected chi connectivity index (χ2v) is 9.22. The number of benzene rings is 4. The van der Waals surface area contributed by atoms with Gasteiger partial charge in [0.25, 0.3) is 0 Å². The molecule has 0 saturated carbocycles. The lowest BCUT2D eigenvalue weighted by Gasteiger charge is -2.18. The Morgan fingerprint density at radius 3 is 2.08 bits per heavy atom. The Bertz CT molecular complexity index is 1400. The molecule has 0 saturated heterocycles. The molecule has 4 aromatic carbocycles. The van der Waals surface area contributed by atoms with Crippen LogP contribution in [0, 0.1) is 0 Å². The number of carbonyl (C=O) groups is 3. The Balaban J connectivity index is 1.48. The fourth-order valence-electron chi connectivity index (χ4n) is 3.51. The highest BCUT2D eigenvalue weighted by Crippen LogP contribution is 2.37. The van der Waals surface area contributed by atoms with E-state index in [1.165, 1.54) is 30.0 Å². The Labute approximate surface area is 219 Å². The predicted octanol–water partition coefficient (Wildman–Crippen LogP) is 6.51. The maximum Gasteiger partial charge on any atom is 0.335 e. The maximum absolute atomic E-state index is 13.3. The summed E-state index contributed by atoms with van der Waals surface area (Å²) in [5.41, 5.74) is 3.00. The van der Waals surface area contributed by atoms with Crippen molar-refractivity contribution in [1.29, 1.82) is 0 Å². The van der Waals surface area contributed by atoms with E-state index in [2.05, 4.69) is 10.6 Å². The highest BCUT2D eigenvalue weighted by Gasteiger charge is 2.22. The van der Waals surface area contributed by atoms with Crippen molar-refractivity contribution in [3.8, 4) is 0 Å². The molecule has 0 aliphatic heterocycles. The first-order valence-corrected chi connectivity index (χ1v) is 12.4. The minimum absolute atomic E-state index is 0.143. The molecule has 0 spiro atoms. The van der Waals surface area contributed by atoms with Crippen LogP contribution in [0.15, 0.2) is 120 Å². The first-order valence-electron chi connectivity index (χ1n) is 11.5. The summed E-state index contributed by atoms with van der Waals surface area (Å²) in [5, 5.41) is 14.3. The van der Waals surface area contributed by atoms with Crippen molar-refractivity contribution >= 4 is 47.0 Å². The molecule has 7 heteroatoms. The smallest absolute Gasteiger partial charge is 0.335 e. The molecule has 4 rings (SSSR count). The molecule has 6 nitrogen and oxygen atoms in total. The topological polar surface area (TPSA) is 95.5 Å². The highest BCUT2D eigenvalue weighted by atomic mass is 32.2. The Kier molecular flexibility index (Phi) is 8.52. The lowest BCUT2D eigenvalue weighted by Crippen LogP contribution is -2.19. The standard InChI is InChI=1S/C30H24N2O4S/c33-27(19-14-21-8-3-1-4-9-21)31-25-12-7-13-26(20-25)37-28(22-10-5-2-6-11-22)29(34)32-24-17-15-23(16-18-24)30(35)36/h1-20,28H,(H,31,33)(H,32,34)(H,35,36)/b19-14+. The van der Waals surface area contributed by atoms with Gasteiger partial charge in [-0.25, -0.2) is 4.79 Å². The van der Waals surface area contributed by atoms with E-state index >= 15 is 0 Å². The van der Waals surface area contributed by atoms with Gasteiger partial charge in [-0.05, 0) is 59.7 Å². The number of nitrogens with one attached hydrogen (secondary N) is 2. The summed E-state index contributed by atoms with van der Waals surface area (Å²) < 4.78 is 0. The van der Waals surface area contributed by atoms with Crippen molar-refractivity contribution in [3.05, 3.63) is 132 Å². The molecule has 0 aliphatic rings. The molecule has 0 aliphatic carbocycles. The average molecular weight is 509 g/mol. The third-order valence-electron chi connectivity index (χ3n) is 5.32. The van der Waals surface area contributed by atoms with Crippen LogP contribution < -0.4 is 10.6 Å². The van der Waals surface area contributed by atoms with Crippen molar-refractivity contribution < 1.29 is 19.5 Å². The average Bonchev–Trinajstić information content (AvgIpc) is 2.92. The first-order chi connectivity index (χ1) is 18.0. The largest absolute Gasteiger partial charge is 0.478 e. The van der Waals surface area contributed by atoms with Gasteiger partial charge in [0.2, 0.25) is 11.8 Å². The molecule has 0 bridgehead atoms. The van der Waals surface area contributed by atoms with Gasteiger partial charge in [0, 0.05) is 22.3 Å². The Morgan fingerprint density at radius 2 is 1.41 bits per heavy atom. The van der Waals surface area contributed by atoms with E-state index in [-0.39, 0.29) is 17.4 Å². The minimum atomic E-state index is -1.03. The number of amides is 2. The zero-order valence-corrected chi connectivity index (χ0v) is 20.5. The number of hydrogen-bond donors (Lipinski definition) is 3. The number of aromatic carboxylic acids is 1. The zero-order chi connectivity index (χ0) is 26.0. The van der Waals surface area contributed by atoms with Crippen LogP contribution in [0.25, 0.3) is 6.08 Å². The SMILES string of the molecule is O=C(/C=C/c1ccccc1)Nc1cccc(SC(C(=O)Nc2ccc(C(=O)O)cc2)c2ccccc2)c1. The molecule has 0 heterocycles. The molecule has 184 valence electrons. The van der Waals surface area contributed by atoms with Crippen molar-refractivity contribution in [2.24, 2.45) is 0 Å². The number of rotatable bonds is 9. The van der Waals surface area contributed by atoms with Gasteiger partial charge in [-0.2, -0.15) is 0 Å². The Morgan fingerprint density at radius 1 is 0.730 bits per heavy atom. The summed E-state index contributed by atoms with van der Waals surface area (Å²) in [7, 11) is 0. The summed E-state index contributed by atoms with van der Waals surface area (Å²) in [6.07, 6.45) is 3.22. The predicted molar refractivity (Wildman–Crippen MR) is 148 cm³/mol. The van der Waals surface area contributed by atoms with Crippen molar-refractivity contribution in [1.82, 2.24) is 0 Å². The van der Waals surface area contributed by atoms with Gasteiger partial charge in [0.1, 0.15) is 5.25 Å². The van der Waals surface area contributed by atoms with E-state index in [1.807, 2.05) is 78.9 Å². The fourth-order valence-corrected chi connectivity index (χ4v) is 4.59. The van der Waals surface area contributed by atoms with E-state index < -0.39 is 11.2 Å². The molecule has 2 amide bonds. The third kappa shape index (κ3) is 7.43. The van der Waals surface area contributed by atoms with Gasteiger partial charge in [0.15, 0.2) is 0 Å². The fraction of sp³-hybridized carbons (Fsp3) is 0.0333. The number of carbonyl (C=O) groups excluding carboxylic acids is 2. The van der Waals surface area contributed by atoms with Crippen LogP contribution in [0.2, 0.25) is 0 Å². The van der Waals surface area contributed by atoms with Crippen LogP contribution in [0.5, 0.6) is 0 Å². The van der Waals surface area contributed by atoms with Gasteiger partial charge in [0.05, 0.1) is 5.56 Å². The van der Waals surface area contributed by atoms with E-state index in [9.17, 15) is 14.4 Å². The summed E-state index contributed by atoms with van der Waals surface area (Å²) in [4.78, 5) is 37.6. The molecule has 0 aromatic heterocycles. The molecule has 3 N–H and O–H groups in total. The number of hydrogen-bond acceptors (Lipinski definition) is 4. The molecule has 4 aromatic rings. The molecule has 37 heavy (non-hydrogen) atoms. The normalized spacial score (nSPS) is 11.6. The maximum atomic E-state index is 13.3. The van der Waals surface area contributed by atoms with E-state index in [4.69, 9.17) is 5.11 Å². The van der Waals surface area contributed by atoms with Crippen LogP contribution in [0.1, 0.15) is 26.7 Å². The molecule has 1 unspecified atom stereocenters. The summed E-state index contributed by atoms with van der Waals surface area (Å²) in [5.74, 6) is -1.54. The molecular formula is C30H24N2O4S. The lowest BCUT2D eigenvalue weighted by molar-refractivity contribution is -0.116. The minimum Gasteiger partial charge on any atom is -0.478 e. The van der Waals surface area contributed by atoms with Crippen LogP contribution in [-0.4, -0.2) is 22.9 Å². The molecule has 1 atom stereocenters. The van der Waals surface area contributed by atoms with Crippen molar-refractivity contribution in [3.63, 3.8) is 0 Å². The Hall–Kier alpha value is -4.62. The quantitative estimate of drug-likeness (QED) is 0.177. The van der Waals surface area contributed by atoms with E-state index in [0.717, 1.165) is 16.0 Å². The molecule has 0 radical (unpaired) electrons.